The fraction of sp³-hybridized carbons (Fsp3) is 0.381. The summed E-state index contributed by atoms with van der Waals surface area (Å²) in [5.41, 5.74) is 11.5. The lowest BCUT2D eigenvalue weighted by Gasteiger charge is -2.35. The van der Waals surface area contributed by atoms with E-state index in [4.69, 9.17) is 97.5 Å². The third-order valence-corrected chi connectivity index (χ3v) is 22.0. The Morgan fingerprint density at radius 2 is 0.954 bits per heavy atom. The number of nitrogens with zero attached hydrogens (tertiary/aromatic N) is 6. The number of hydrogen-bond donors (Lipinski definition) is 2. The number of carbonyl (C=O) groups excluding carboxylic acids is 4. The lowest BCUT2D eigenvalue weighted by atomic mass is 10.1. The number of hydrogen-bond acceptors (Lipinski definition) is 11. The van der Waals surface area contributed by atoms with Crippen LogP contribution in [0.2, 0.25) is 40.2 Å². The van der Waals surface area contributed by atoms with E-state index in [2.05, 4.69) is 116 Å². The van der Waals surface area contributed by atoms with Crippen LogP contribution in [0.1, 0.15) is 97.7 Å². The summed E-state index contributed by atoms with van der Waals surface area (Å²) >= 11 is 48.0. The zero-order valence-electron chi connectivity index (χ0n) is 62.5. The first-order chi connectivity index (χ1) is 51.7. The maximum Gasteiger partial charge on any atom is 0.246 e. The molecule has 580 valence electrons. The topological polar surface area (TPSA) is 155 Å². The summed E-state index contributed by atoms with van der Waals surface area (Å²) in [6.07, 6.45) is 9.79. The number of anilines is 4. The van der Waals surface area contributed by atoms with Gasteiger partial charge in [0.15, 0.2) is 9.84 Å². The number of aryl methyl sites for hydroxylation is 6. The van der Waals surface area contributed by atoms with Gasteiger partial charge in [0, 0.05) is 114 Å². The van der Waals surface area contributed by atoms with Crippen molar-refractivity contribution in [2.45, 2.75) is 105 Å². The van der Waals surface area contributed by atoms with Crippen molar-refractivity contribution in [1.29, 1.82) is 0 Å². The Kier molecular flexibility index (Phi) is 37.6. The summed E-state index contributed by atoms with van der Waals surface area (Å²) in [5, 5.41) is 10.8. The van der Waals surface area contributed by atoms with E-state index in [-0.39, 0.29) is 42.3 Å². The summed E-state index contributed by atoms with van der Waals surface area (Å²) in [6.45, 7) is 20.9. The summed E-state index contributed by atoms with van der Waals surface area (Å²) in [4.78, 5) is 61.8. The second kappa shape index (κ2) is 46.0. The monoisotopic (exact) mass is 1640 g/mol. The Morgan fingerprint density at radius 3 is 1.48 bits per heavy atom. The maximum absolute atomic E-state index is 12.7. The second-order valence-electron chi connectivity index (χ2n) is 27.0. The van der Waals surface area contributed by atoms with Gasteiger partial charge in [-0.3, -0.25) is 24.1 Å². The van der Waals surface area contributed by atoms with Crippen molar-refractivity contribution in [2.24, 2.45) is 0 Å². The number of amides is 4. The van der Waals surface area contributed by atoms with Gasteiger partial charge in [-0.15, -0.1) is 0 Å². The molecule has 8 aromatic carbocycles. The minimum Gasteiger partial charge on any atom is -0.492 e. The molecule has 24 heteroatoms. The van der Waals surface area contributed by atoms with Crippen LogP contribution in [0.3, 0.4) is 0 Å². The molecule has 2 saturated heterocycles. The molecular formula is C84H100Cl8N8O7S. The Morgan fingerprint density at radius 1 is 0.472 bits per heavy atom. The molecule has 0 radical (unpaired) electrons. The molecule has 108 heavy (non-hydrogen) atoms. The Bertz CT molecular complexity index is 4280. The lowest BCUT2D eigenvalue weighted by Crippen LogP contribution is -2.52. The summed E-state index contributed by atoms with van der Waals surface area (Å²) in [5.74, 6) is 1.05. The van der Waals surface area contributed by atoms with Crippen molar-refractivity contribution in [3.8, 4) is 5.75 Å². The van der Waals surface area contributed by atoms with Gasteiger partial charge in [-0.1, -0.05) is 221 Å². The standard InChI is InChI=1S/C22H28Cl2N2O.C21H22Cl2N2O4S.C21H28Cl2N2O.C20H22Cl2N2O/c1-3-4-14-26(15-13-25-19-10-11-20(23)21(24)16-19)22(27)12-9-18-7-5-17(2)6-8-18;1-30(28,29)14-16-4-2-15(3-5-16)6-9-20(26)24-10-11-25(21(27)13-24)17-7-8-18(22)19(23)12-17;1-3-4-12-25(14-15-26-19-8-5-17(2)6-9-19)13-11-24-18-7-10-20(22)21(23)16-18;1-15-4-6-16(7-5-15)3-2-10-23-11-12-24(14-20(23)25)17-8-9-18(21)19(22)13-17/h5-8,10-11,16,25H,3-4,9,12-15H2,1-2H3;2-5,7-8,12H,6,9-11,13-14H2,1H3;5-10,16,24H,3-4,11-15H2,1-2H3;4-9,13H,2-3,10-12,14H2,1H3. The van der Waals surface area contributed by atoms with Crippen molar-refractivity contribution in [3.63, 3.8) is 0 Å². The van der Waals surface area contributed by atoms with Gasteiger partial charge in [0.05, 0.1) is 52.5 Å². The quantitative estimate of drug-likeness (QED) is 0.0414. The number of halogens is 8. The molecule has 0 spiro atoms. The molecule has 0 unspecified atom stereocenters. The van der Waals surface area contributed by atoms with E-state index in [0.717, 1.165) is 118 Å². The fourth-order valence-corrected chi connectivity index (χ4v) is 13.8. The summed E-state index contributed by atoms with van der Waals surface area (Å²) in [6, 6.07) is 54.0. The van der Waals surface area contributed by atoms with Crippen LogP contribution in [0.5, 0.6) is 5.75 Å². The molecule has 2 aliphatic rings. The minimum absolute atomic E-state index is 0.00255. The molecule has 8 aromatic rings. The highest BCUT2D eigenvalue weighted by atomic mass is 35.5. The molecular weight excluding hydrogens is 1550 g/mol. The largest absolute Gasteiger partial charge is 0.492 e. The van der Waals surface area contributed by atoms with Gasteiger partial charge in [-0.05, 0) is 173 Å². The summed E-state index contributed by atoms with van der Waals surface area (Å²) in [7, 11) is -3.08. The van der Waals surface area contributed by atoms with Crippen molar-refractivity contribution in [3.05, 3.63) is 249 Å². The van der Waals surface area contributed by atoms with E-state index < -0.39 is 9.84 Å². The van der Waals surface area contributed by atoms with E-state index in [0.29, 0.717) is 98.0 Å². The number of carbonyl (C=O) groups is 4. The second-order valence-corrected chi connectivity index (χ2v) is 32.4. The molecule has 0 aromatic heterocycles. The van der Waals surface area contributed by atoms with Gasteiger partial charge in [-0.2, -0.15) is 0 Å². The number of ether oxygens (including phenoxy) is 1. The molecule has 0 saturated carbocycles. The van der Waals surface area contributed by atoms with E-state index >= 15 is 0 Å². The van der Waals surface area contributed by atoms with Crippen LogP contribution >= 0.6 is 92.8 Å². The Hall–Kier alpha value is -6.93. The number of nitrogens with one attached hydrogen (secondary N) is 2. The molecule has 4 amide bonds. The average Bonchev–Trinajstić information content (AvgIpc) is 0.824. The van der Waals surface area contributed by atoms with Gasteiger partial charge in [0.2, 0.25) is 23.6 Å². The zero-order chi connectivity index (χ0) is 78.1. The third-order valence-electron chi connectivity index (χ3n) is 18.2. The first kappa shape index (κ1) is 88.3. The molecule has 2 heterocycles. The molecule has 10 rings (SSSR count). The summed E-state index contributed by atoms with van der Waals surface area (Å²) < 4.78 is 28.6. The molecule has 0 atom stereocenters. The van der Waals surface area contributed by atoms with Crippen LogP contribution < -0.4 is 25.2 Å². The molecule has 2 N–H and O–H groups in total. The van der Waals surface area contributed by atoms with E-state index in [1.165, 1.54) is 46.9 Å². The number of rotatable bonds is 32. The van der Waals surface area contributed by atoms with Crippen LogP contribution in [0.25, 0.3) is 0 Å². The first-order valence-electron chi connectivity index (χ1n) is 36.7. The fourth-order valence-electron chi connectivity index (χ4n) is 11.8. The van der Waals surface area contributed by atoms with Crippen molar-refractivity contribution in [2.75, 3.05) is 125 Å². The minimum atomic E-state index is -3.08. The highest BCUT2D eigenvalue weighted by Crippen LogP contribution is 2.31. The van der Waals surface area contributed by atoms with Crippen LogP contribution in [0, 0.1) is 20.8 Å². The predicted octanol–water partition coefficient (Wildman–Crippen LogP) is 19.8. The third kappa shape index (κ3) is 31.4. The van der Waals surface area contributed by atoms with Crippen molar-refractivity contribution in [1.82, 2.24) is 19.6 Å². The molecule has 0 aliphatic carbocycles. The lowest BCUT2D eigenvalue weighted by molar-refractivity contribution is -0.136. The molecule has 0 bridgehead atoms. The normalized spacial score (nSPS) is 12.9. The molecule has 2 aliphatic heterocycles. The van der Waals surface area contributed by atoms with Crippen LogP contribution in [0.15, 0.2) is 170 Å². The number of unbranched alkanes of at least 4 members (excludes halogenated alkanes) is 2. The van der Waals surface area contributed by atoms with Gasteiger partial charge in [-0.25, -0.2) is 8.42 Å². The van der Waals surface area contributed by atoms with Crippen LogP contribution in [0.4, 0.5) is 22.7 Å². The van der Waals surface area contributed by atoms with E-state index in [1.807, 2.05) is 70.5 Å². The maximum atomic E-state index is 12.7. The SMILES string of the molecule is CCCCN(CCNc1ccc(Cl)c(Cl)c1)C(=O)CCc1ccc(C)cc1.CCCCN(CCNc1ccc(Cl)c(Cl)c1)CCOc1ccc(C)cc1.CS(=O)(=O)Cc1ccc(CCC(=O)N2CCN(c3ccc(Cl)c(Cl)c3)C(=O)C2)cc1.Cc1ccc(CCCN2CCN(c3ccc(Cl)c(Cl)c3)CC2=O)cc1. The Labute approximate surface area is 679 Å². The van der Waals surface area contributed by atoms with Crippen molar-refractivity contribution < 1.29 is 32.3 Å². The number of benzene rings is 8. The van der Waals surface area contributed by atoms with Crippen molar-refractivity contribution >= 4 is 149 Å². The van der Waals surface area contributed by atoms with Crippen LogP contribution in [-0.2, 0) is 54.0 Å². The van der Waals surface area contributed by atoms with Gasteiger partial charge >= 0.3 is 0 Å². The van der Waals surface area contributed by atoms with Gasteiger partial charge < -0.3 is 39.9 Å². The van der Waals surface area contributed by atoms with Crippen LogP contribution in [-0.4, -0.2) is 156 Å². The molecule has 2 fully saturated rings. The zero-order valence-corrected chi connectivity index (χ0v) is 69.4. The highest BCUT2D eigenvalue weighted by molar-refractivity contribution is 7.89. The van der Waals surface area contributed by atoms with E-state index in [1.54, 1.807) is 58.3 Å². The smallest absolute Gasteiger partial charge is 0.246 e. The van der Waals surface area contributed by atoms with E-state index in [9.17, 15) is 27.6 Å². The predicted molar refractivity (Wildman–Crippen MR) is 452 cm³/mol. The molecule has 15 nitrogen and oxygen atoms in total. The average molecular weight is 1650 g/mol. The first-order valence-corrected chi connectivity index (χ1v) is 41.8. The Balaban J connectivity index is 0.000000201. The highest BCUT2D eigenvalue weighted by Gasteiger charge is 2.29. The van der Waals surface area contributed by atoms with Gasteiger partial charge in [0.1, 0.15) is 18.9 Å². The van der Waals surface area contributed by atoms with Gasteiger partial charge in [0.25, 0.3) is 0 Å². The number of piperazine rings is 2. The number of sulfone groups is 1.